The molecule has 0 aliphatic carbocycles. The van der Waals surface area contributed by atoms with Crippen LogP contribution in [0.15, 0.2) is 30.6 Å². The Morgan fingerprint density at radius 2 is 2.00 bits per heavy atom. The van der Waals surface area contributed by atoms with Gasteiger partial charge in [0.15, 0.2) is 0 Å². The van der Waals surface area contributed by atoms with E-state index in [0.717, 1.165) is 38.7 Å². The van der Waals surface area contributed by atoms with Gasteiger partial charge >= 0.3 is 5.97 Å². The van der Waals surface area contributed by atoms with Crippen LogP contribution in [0.1, 0.15) is 6.92 Å². The fourth-order valence-corrected chi connectivity index (χ4v) is 2.07. The van der Waals surface area contributed by atoms with Crippen molar-refractivity contribution in [1.82, 2.24) is 14.9 Å². The number of rotatable bonds is 5. The molecule has 0 atom stereocenters. The summed E-state index contributed by atoms with van der Waals surface area (Å²) in [4.78, 5) is 24.1. The zero-order valence-electron chi connectivity index (χ0n) is 11.7. The highest BCUT2D eigenvalue weighted by Gasteiger charge is 2.17. The molecule has 0 amide bonds. The van der Waals surface area contributed by atoms with Crippen LogP contribution in [0, 0.1) is 0 Å². The van der Waals surface area contributed by atoms with Gasteiger partial charge in [0.25, 0.3) is 0 Å². The molecule has 0 unspecified atom stereocenters. The van der Waals surface area contributed by atoms with Crippen LogP contribution in [-0.2, 0) is 9.53 Å². The van der Waals surface area contributed by atoms with Gasteiger partial charge < -0.3 is 9.64 Å². The van der Waals surface area contributed by atoms with E-state index in [1.165, 1.54) is 6.08 Å². The predicted octanol–water partition coefficient (Wildman–Crippen LogP) is 0.718. The van der Waals surface area contributed by atoms with Gasteiger partial charge in [-0.25, -0.2) is 14.8 Å². The number of hydrogen-bond donors (Lipinski definition) is 0. The lowest BCUT2D eigenvalue weighted by Gasteiger charge is -2.33. The molecule has 1 aliphatic rings. The van der Waals surface area contributed by atoms with Gasteiger partial charge in [-0.05, 0) is 13.0 Å². The summed E-state index contributed by atoms with van der Waals surface area (Å²) in [6.45, 7) is 6.66. The first kappa shape index (κ1) is 14.5. The third kappa shape index (κ3) is 4.31. The average Bonchev–Trinajstić information content (AvgIpc) is 2.49. The quantitative estimate of drug-likeness (QED) is 0.583. The van der Waals surface area contributed by atoms with Crippen molar-refractivity contribution in [2.75, 3.05) is 44.2 Å². The summed E-state index contributed by atoms with van der Waals surface area (Å²) in [5, 5.41) is 0. The number of piperazine rings is 1. The zero-order chi connectivity index (χ0) is 14.2. The normalized spacial score (nSPS) is 16.6. The van der Waals surface area contributed by atoms with E-state index in [9.17, 15) is 4.79 Å². The van der Waals surface area contributed by atoms with Crippen LogP contribution in [0.5, 0.6) is 0 Å². The van der Waals surface area contributed by atoms with E-state index in [2.05, 4.69) is 19.8 Å². The van der Waals surface area contributed by atoms with E-state index in [-0.39, 0.29) is 5.97 Å². The van der Waals surface area contributed by atoms with E-state index in [0.29, 0.717) is 6.61 Å². The first-order chi connectivity index (χ1) is 9.79. The van der Waals surface area contributed by atoms with E-state index >= 15 is 0 Å². The summed E-state index contributed by atoms with van der Waals surface area (Å²) in [7, 11) is 0. The lowest BCUT2D eigenvalue weighted by atomic mass is 10.3. The average molecular weight is 276 g/mol. The summed E-state index contributed by atoms with van der Waals surface area (Å²) in [6.07, 6.45) is 6.87. The lowest BCUT2D eigenvalue weighted by molar-refractivity contribution is -0.137. The number of hydrogen-bond acceptors (Lipinski definition) is 6. The summed E-state index contributed by atoms with van der Waals surface area (Å²) < 4.78 is 4.84. The van der Waals surface area contributed by atoms with Crippen LogP contribution in [0.3, 0.4) is 0 Å². The van der Waals surface area contributed by atoms with E-state index in [1.54, 1.807) is 19.3 Å². The van der Waals surface area contributed by atoms with Crippen molar-refractivity contribution in [1.29, 1.82) is 0 Å². The zero-order valence-corrected chi connectivity index (χ0v) is 11.7. The SMILES string of the molecule is CCOC(=O)/C=C/CN1CCN(c2ncccn2)CC1. The molecule has 0 N–H and O–H groups in total. The number of nitrogens with zero attached hydrogens (tertiary/aromatic N) is 4. The van der Waals surface area contributed by atoms with E-state index in [4.69, 9.17) is 4.74 Å². The molecule has 0 aromatic carbocycles. The van der Waals surface area contributed by atoms with Gasteiger partial charge in [-0.1, -0.05) is 6.08 Å². The van der Waals surface area contributed by atoms with E-state index < -0.39 is 0 Å². The Kier molecular flexibility index (Phi) is 5.49. The van der Waals surface area contributed by atoms with Gasteiger partial charge in [-0.15, -0.1) is 0 Å². The van der Waals surface area contributed by atoms with Gasteiger partial charge in [-0.3, -0.25) is 4.90 Å². The standard InChI is InChI=1S/C14H20N4O2/c1-2-20-13(19)5-3-8-17-9-11-18(12-10-17)14-15-6-4-7-16-14/h3-7H,2,8-12H2,1H3/b5-3+. The molecule has 1 aromatic rings. The van der Waals surface area contributed by atoms with Crippen molar-refractivity contribution in [3.63, 3.8) is 0 Å². The minimum absolute atomic E-state index is 0.274. The molecule has 0 radical (unpaired) electrons. The van der Waals surface area contributed by atoms with Gasteiger partial charge in [-0.2, -0.15) is 0 Å². The minimum atomic E-state index is -0.274. The van der Waals surface area contributed by atoms with Gasteiger partial charge in [0, 0.05) is 51.2 Å². The van der Waals surface area contributed by atoms with Crippen molar-refractivity contribution in [2.24, 2.45) is 0 Å². The summed E-state index contributed by atoms with van der Waals surface area (Å²) >= 11 is 0. The van der Waals surface area contributed by atoms with E-state index in [1.807, 2.05) is 12.1 Å². The maximum absolute atomic E-state index is 11.2. The third-order valence-electron chi connectivity index (χ3n) is 3.11. The molecule has 0 saturated carbocycles. The Hall–Kier alpha value is -1.95. The third-order valence-corrected chi connectivity index (χ3v) is 3.11. The molecule has 0 spiro atoms. The topological polar surface area (TPSA) is 58.6 Å². The molecule has 108 valence electrons. The van der Waals surface area contributed by atoms with Crippen LogP contribution < -0.4 is 4.90 Å². The maximum Gasteiger partial charge on any atom is 0.330 e. The van der Waals surface area contributed by atoms with Gasteiger partial charge in [0.05, 0.1) is 6.61 Å². The highest BCUT2D eigenvalue weighted by atomic mass is 16.5. The monoisotopic (exact) mass is 276 g/mol. The number of ether oxygens (including phenoxy) is 1. The molecule has 1 fully saturated rings. The molecule has 20 heavy (non-hydrogen) atoms. The molecule has 6 heteroatoms. The fourth-order valence-electron chi connectivity index (χ4n) is 2.07. The molecule has 1 saturated heterocycles. The van der Waals surface area contributed by atoms with Crippen LogP contribution in [-0.4, -0.2) is 60.2 Å². The summed E-state index contributed by atoms with van der Waals surface area (Å²) in [5.74, 6) is 0.512. The molecule has 1 aliphatic heterocycles. The highest BCUT2D eigenvalue weighted by molar-refractivity contribution is 5.81. The van der Waals surface area contributed by atoms with Gasteiger partial charge in [0.1, 0.15) is 0 Å². The fraction of sp³-hybridized carbons (Fsp3) is 0.500. The lowest BCUT2D eigenvalue weighted by Crippen LogP contribution is -2.46. The smallest absolute Gasteiger partial charge is 0.330 e. The molecular formula is C14H20N4O2. The number of esters is 1. The first-order valence-electron chi connectivity index (χ1n) is 6.87. The van der Waals surface area contributed by atoms with Crippen LogP contribution in [0.2, 0.25) is 0 Å². The molecule has 0 bridgehead atoms. The second-order valence-electron chi connectivity index (χ2n) is 4.49. The van der Waals surface area contributed by atoms with Crippen molar-refractivity contribution in [2.45, 2.75) is 6.92 Å². The molecule has 6 nitrogen and oxygen atoms in total. The number of aromatic nitrogens is 2. The van der Waals surface area contributed by atoms with Crippen molar-refractivity contribution in [3.05, 3.63) is 30.6 Å². The first-order valence-corrected chi connectivity index (χ1v) is 6.87. The second-order valence-corrected chi connectivity index (χ2v) is 4.49. The number of carbonyl (C=O) groups excluding carboxylic acids is 1. The largest absolute Gasteiger partial charge is 0.463 e. The van der Waals surface area contributed by atoms with Crippen molar-refractivity contribution < 1.29 is 9.53 Å². The Morgan fingerprint density at radius 1 is 1.30 bits per heavy atom. The Labute approximate surface area is 119 Å². The van der Waals surface area contributed by atoms with Crippen molar-refractivity contribution in [3.8, 4) is 0 Å². The summed E-state index contributed by atoms with van der Waals surface area (Å²) in [6, 6.07) is 1.82. The number of carbonyl (C=O) groups is 1. The second kappa shape index (κ2) is 7.59. The molecule has 1 aromatic heterocycles. The Morgan fingerprint density at radius 3 is 2.65 bits per heavy atom. The van der Waals surface area contributed by atoms with Gasteiger partial charge in [0.2, 0.25) is 5.95 Å². The molecule has 2 heterocycles. The number of anilines is 1. The Bertz CT molecular complexity index is 442. The minimum Gasteiger partial charge on any atom is -0.463 e. The molecule has 2 rings (SSSR count). The van der Waals surface area contributed by atoms with Crippen molar-refractivity contribution >= 4 is 11.9 Å². The van der Waals surface area contributed by atoms with Crippen LogP contribution in [0.4, 0.5) is 5.95 Å². The summed E-state index contributed by atoms with van der Waals surface area (Å²) in [5.41, 5.74) is 0. The highest BCUT2D eigenvalue weighted by Crippen LogP contribution is 2.09. The Balaban J connectivity index is 1.73. The van der Waals surface area contributed by atoms with Crippen LogP contribution in [0.25, 0.3) is 0 Å². The van der Waals surface area contributed by atoms with Crippen LogP contribution >= 0.6 is 0 Å². The molecular weight excluding hydrogens is 256 g/mol. The maximum atomic E-state index is 11.2. The predicted molar refractivity (Wildman–Crippen MR) is 76.5 cm³/mol.